The maximum atomic E-state index is 6.43. The third-order valence-corrected chi connectivity index (χ3v) is 6.19. The van der Waals surface area contributed by atoms with Crippen molar-refractivity contribution in [2.24, 2.45) is 0 Å². The lowest BCUT2D eigenvalue weighted by atomic mass is 9.90. The fraction of sp³-hybridized carbons (Fsp3) is 0.381. The normalized spacial score (nSPS) is 19.7. The van der Waals surface area contributed by atoms with E-state index in [0.717, 1.165) is 17.7 Å². The van der Waals surface area contributed by atoms with Crippen molar-refractivity contribution in [1.82, 2.24) is 9.88 Å². The third kappa shape index (κ3) is 3.30. The van der Waals surface area contributed by atoms with Crippen molar-refractivity contribution in [3.8, 4) is 5.75 Å². The molecule has 1 unspecified atom stereocenters. The number of pyridine rings is 1. The Hall–Kier alpha value is -1.71. The van der Waals surface area contributed by atoms with Crippen LogP contribution in [0.4, 0.5) is 0 Å². The molecule has 2 aromatic rings. The van der Waals surface area contributed by atoms with Crippen LogP contribution in [0.2, 0.25) is 10.0 Å². The molecular formula is C21H22Cl2N2O. The van der Waals surface area contributed by atoms with E-state index in [9.17, 15) is 0 Å². The van der Waals surface area contributed by atoms with Gasteiger partial charge < -0.3 is 9.64 Å². The number of benzene rings is 1. The number of ether oxygens (including phenoxy) is 1. The van der Waals surface area contributed by atoms with Crippen LogP contribution < -0.4 is 4.74 Å². The average Bonchev–Trinajstić information content (AvgIpc) is 3.18. The van der Waals surface area contributed by atoms with Crippen LogP contribution >= 0.6 is 23.2 Å². The third-order valence-electron chi connectivity index (χ3n) is 5.54. The van der Waals surface area contributed by atoms with E-state index in [1.54, 1.807) is 19.5 Å². The first-order valence-electron chi connectivity index (χ1n) is 9.09. The van der Waals surface area contributed by atoms with Gasteiger partial charge in [0.2, 0.25) is 0 Å². The number of halogens is 2. The van der Waals surface area contributed by atoms with Crippen LogP contribution in [0.25, 0.3) is 6.08 Å². The monoisotopic (exact) mass is 388 g/mol. The summed E-state index contributed by atoms with van der Waals surface area (Å²) < 4.78 is 5.48. The van der Waals surface area contributed by atoms with Crippen LogP contribution in [0.1, 0.15) is 48.4 Å². The molecule has 0 N–H and O–H groups in total. The van der Waals surface area contributed by atoms with Gasteiger partial charge in [-0.3, -0.25) is 4.98 Å². The van der Waals surface area contributed by atoms with Crippen LogP contribution in [0, 0.1) is 0 Å². The van der Waals surface area contributed by atoms with Crippen LogP contribution in [0.3, 0.4) is 0 Å². The highest BCUT2D eigenvalue weighted by Crippen LogP contribution is 2.41. The van der Waals surface area contributed by atoms with Gasteiger partial charge in [-0.15, -0.1) is 0 Å². The first-order chi connectivity index (χ1) is 12.7. The van der Waals surface area contributed by atoms with E-state index in [2.05, 4.69) is 34.3 Å². The maximum absolute atomic E-state index is 6.43. The molecule has 26 heavy (non-hydrogen) atoms. The lowest BCUT2D eigenvalue weighted by molar-refractivity contribution is 0.202. The van der Waals surface area contributed by atoms with Gasteiger partial charge in [0.1, 0.15) is 5.75 Å². The van der Waals surface area contributed by atoms with Crippen molar-refractivity contribution in [3.05, 3.63) is 63.5 Å². The number of fused-ring (bicyclic) bond motifs is 1. The van der Waals surface area contributed by atoms with E-state index in [1.165, 1.54) is 36.8 Å². The molecule has 3 nitrogen and oxygen atoms in total. The number of hydrogen-bond donors (Lipinski definition) is 0. The quantitative estimate of drug-likeness (QED) is 0.650. The summed E-state index contributed by atoms with van der Waals surface area (Å²) in [7, 11) is 1.71. The molecule has 5 heteroatoms. The molecule has 1 aromatic carbocycles. The van der Waals surface area contributed by atoms with Crippen molar-refractivity contribution < 1.29 is 4.74 Å². The molecule has 1 atom stereocenters. The van der Waals surface area contributed by atoms with E-state index in [1.807, 2.05) is 6.07 Å². The van der Waals surface area contributed by atoms with Crippen molar-refractivity contribution in [1.29, 1.82) is 0 Å². The largest absolute Gasteiger partial charge is 0.497 e. The minimum absolute atomic E-state index is 0.186. The van der Waals surface area contributed by atoms with Gasteiger partial charge in [0.25, 0.3) is 0 Å². The SMILES string of the molecule is COc1ccc2c(c1)C(Cc1c(Cl)cncc1Cl)N(C1CCCC1)C=C2. The second kappa shape index (κ2) is 7.50. The molecule has 1 saturated carbocycles. The summed E-state index contributed by atoms with van der Waals surface area (Å²) in [6, 6.07) is 7.03. The summed E-state index contributed by atoms with van der Waals surface area (Å²) in [6.45, 7) is 0. The molecule has 0 radical (unpaired) electrons. The average molecular weight is 389 g/mol. The number of rotatable bonds is 4. The molecule has 0 bridgehead atoms. The van der Waals surface area contributed by atoms with E-state index >= 15 is 0 Å². The summed E-state index contributed by atoms with van der Waals surface area (Å²) in [5.74, 6) is 0.877. The Morgan fingerprint density at radius 3 is 2.58 bits per heavy atom. The van der Waals surface area contributed by atoms with Gasteiger partial charge in [-0.25, -0.2) is 0 Å². The fourth-order valence-corrected chi connectivity index (χ4v) is 4.69. The summed E-state index contributed by atoms with van der Waals surface area (Å²) in [6.07, 6.45) is 13.6. The Labute approximate surface area is 164 Å². The smallest absolute Gasteiger partial charge is 0.119 e. The minimum Gasteiger partial charge on any atom is -0.497 e. The Kier molecular flexibility index (Phi) is 5.10. The first-order valence-corrected chi connectivity index (χ1v) is 9.84. The van der Waals surface area contributed by atoms with E-state index < -0.39 is 0 Å². The number of nitrogens with zero attached hydrogens (tertiary/aromatic N) is 2. The Morgan fingerprint density at radius 2 is 1.88 bits per heavy atom. The summed E-state index contributed by atoms with van der Waals surface area (Å²) in [4.78, 5) is 6.60. The minimum atomic E-state index is 0.186. The highest BCUT2D eigenvalue weighted by molar-refractivity contribution is 6.35. The number of hydrogen-bond acceptors (Lipinski definition) is 3. The second-order valence-electron chi connectivity index (χ2n) is 7.00. The molecule has 2 aliphatic rings. The molecule has 136 valence electrons. The molecule has 1 aliphatic carbocycles. The predicted octanol–water partition coefficient (Wildman–Crippen LogP) is 5.91. The lowest BCUT2D eigenvalue weighted by Crippen LogP contribution is -2.35. The lowest BCUT2D eigenvalue weighted by Gasteiger charge is -2.39. The Morgan fingerprint density at radius 1 is 1.15 bits per heavy atom. The molecule has 0 spiro atoms. The zero-order valence-corrected chi connectivity index (χ0v) is 16.3. The molecule has 0 saturated heterocycles. The molecule has 0 amide bonds. The Bertz CT molecular complexity index is 811. The van der Waals surface area contributed by atoms with Crippen molar-refractivity contribution in [3.63, 3.8) is 0 Å². The predicted molar refractivity (Wildman–Crippen MR) is 107 cm³/mol. The van der Waals surface area contributed by atoms with Crippen LogP contribution in [0.15, 0.2) is 36.8 Å². The van der Waals surface area contributed by atoms with Gasteiger partial charge in [0.05, 0.1) is 23.2 Å². The van der Waals surface area contributed by atoms with Gasteiger partial charge in [-0.2, -0.15) is 0 Å². The number of aromatic nitrogens is 1. The zero-order chi connectivity index (χ0) is 18.1. The highest BCUT2D eigenvalue weighted by Gasteiger charge is 2.32. The molecule has 2 heterocycles. The second-order valence-corrected chi connectivity index (χ2v) is 7.81. The highest BCUT2D eigenvalue weighted by atomic mass is 35.5. The number of methoxy groups -OCH3 is 1. The molecular weight excluding hydrogens is 367 g/mol. The topological polar surface area (TPSA) is 25.4 Å². The van der Waals surface area contributed by atoms with Gasteiger partial charge in [0, 0.05) is 31.1 Å². The van der Waals surface area contributed by atoms with Gasteiger partial charge >= 0.3 is 0 Å². The van der Waals surface area contributed by atoms with E-state index in [-0.39, 0.29) is 6.04 Å². The van der Waals surface area contributed by atoms with E-state index in [4.69, 9.17) is 27.9 Å². The van der Waals surface area contributed by atoms with Crippen molar-refractivity contribution >= 4 is 29.3 Å². The summed E-state index contributed by atoms with van der Waals surface area (Å²) >= 11 is 12.9. The summed E-state index contributed by atoms with van der Waals surface area (Å²) in [5, 5.41) is 1.26. The standard InChI is InChI=1S/C21H22Cl2N2O/c1-26-16-7-6-14-8-9-25(15-4-2-3-5-15)21(17(14)10-16)11-18-19(22)12-24-13-20(18)23/h6-10,12-13,15,21H,2-5,11H2,1H3. The van der Waals surface area contributed by atoms with Gasteiger partial charge in [-0.05, 0) is 47.7 Å². The molecule has 4 rings (SSSR count). The van der Waals surface area contributed by atoms with E-state index in [0.29, 0.717) is 16.1 Å². The zero-order valence-electron chi connectivity index (χ0n) is 14.8. The van der Waals surface area contributed by atoms with Crippen LogP contribution in [-0.4, -0.2) is 23.0 Å². The Balaban J connectivity index is 1.77. The van der Waals surface area contributed by atoms with Gasteiger partial charge in [0.15, 0.2) is 0 Å². The summed E-state index contributed by atoms with van der Waals surface area (Å²) in [5.41, 5.74) is 3.45. The maximum Gasteiger partial charge on any atom is 0.119 e. The fourth-order valence-electron chi connectivity index (χ4n) is 4.17. The molecule has 1 fully saturated rings. The first kappa shape index (κ1) is 17.7. The molecule has 1 aliphatic heterocycles. The van der Waals surface area contributed by atoms with Crippen molar-refractivity contribution in [2.75, 3.05) is 7.11 Å². The van der Waals surface area contributed by atoms with Gasteiger partial charge in [-0.1, -0.05) is 42.1 Å². The van der Waals surface area contributed by atoms with Crippen molar-refractivity contribution in [2.45, 2.75) is 44.2 Å². The molecule has 1 aromatic heterocycles. The van der Waals surface area contributed by atoms with Crippen LogP contribution in [-0.2, 0) is 6.42 Å². The van der Waals surface area contributed by atoms with Crippen LogP contribution in [0.5, 0.6) is 5.75 Å².